The number of rotatable bonds is 4. The molecule has 0 bridgehead atoms. The number of likely N-dealkylation sites (tertiary alicyclic amines) is 1. The zero-order chi connectivity index (χ0) is 15.5. The molecule has 22 heavy (non-hydrogen) atoms. The third kappa shape index (κ3) is 3.15. The lowest BCUT2D eigenvalue weighted by molar-refractivity contribution is 0.0669. The minimum atomic E-state index is -0.525. The molecular formula is C17H19NO3S. The average molecular weight is 317 g/mol. The summed E-state index contributed by atoms with van der Waals surface area (Å²) in [6.45, 7) is 0.705. The Morgan fingerprint density at radius 2 is 2.23 bits per heavy atom. The highest BCUT2D eigenvalue weighted by Gasteiger charge is 2.31. The number of nitrogens with zero attached hydrogens (tertiary/aromatic N) is 1. The fraction of sp³-hybridized carbons (Fsp3) is 0.353. The Kier molecular flexibility index (Phi) is 4.45. The summed E-state index contributed by atoms with van der Waals surface area (Å²) >= 11 is 1.54. The maximum absolute atomic E-state index is 12.6. The smallest absolute Gasteiger partial charge is 0.254 e. The molecule has 1 saturated heterocycles. The monoisotopic (exact) mass is 317 g/mol. The van der Waals surface area contributed by atoms with Crippen LogP contribution in [-0.2, 0) is 0 Å². The molecule has 2 N–H and O–H groups in total. The van der Waals surface area contributed by atoms with Crippen LogP contribution < -0.4 is 0 Å². The van der Waals surface area contributed by atoms with Crippen molar-refractivity contribution in [3.8, 4) is 5.75 Å². The van der Waals surface area contributed by atoms with Gasteiger partial charge >= 0.3 is 0 Å². The number of thiophene rings is 1. The van der Waals surface area contributed by atoms with Gasteiger partial charge in [0.1, 0.15) is 5.75 Å². The van der Waals surface area contributed by atoms with Crippen LogP contribution in [0.5, 0.6) is 5.75 Å². The number of aromatic hydroxyl groups is 1. The van der Waals surface area contributed by atoms with Crippen molar-refractivity contribution in [2.24, 2.45) is 0 Å². The second-order valence-corrected chi connectivity index (χ2v) is 6.59. The minimum Gasteiger partial charge on any atom is -0.508 e. The molecule has 116 valence electrons. The van der Waals surface area contributed by atoms with E-state index < -0.39 is 6.10 Å². The van der Waals surface area contributed by atoms with Crippen molar-refractivity contribution in [2.45, 2.75) is 31.4 Å². The molecule has 5 heteroatoms. The highest BCUT2D eigenvalue weighted by Crippen LogP contribution is 2.30. The number of carbonyl (C=O) groups excluding carboxylic acids is 1. The number of carbonyl (C=O) groups is 1. The predicted octanol–water partition coefficient (Wildman–Crippen LogP) is 3.18. The lowest BCUT2D eigenvalue weighted by Gasteiger charge is -2.26. The number of aliphatic hydroxyl groups excluding tert-OH is 1. The summed E-state index contributed by atoms with van der Waals surface area (Å²) in [5.74, 6) is 0.0250. The summed E-state index contributed by atoms with van der Waals surface area (Å²) < 4.78 is 0. The molecule has 0 aliphatic carbocycles. The lowest BCUT2D eigenvalue weighted by Crippen LogP contribution is -2.36. The van der Waals surface area contributed by atoms with E-state index in [0.717, 1.165) is 17.7 Å². The molecule has 2 aromatic rings. The quantitative estimate of drug-likeness (QED) is 0.910. The molecule has 1 aromatic heterocycles. The van der Waals surface area contributed by atoms with Crippen LogP contribution in [0.3, 0.4) is 0 Å². The normalized spacial score (nSPS) is 19.3. The Morgan fingerprint density at radius 1 is 1.36 bits per heavy atom. The average Bonchev–Trinajstić information content (AvgIpc) is 3.18. The Labute approximate surface area is 133 Å². The van der Waals surface area contributed by atoms with E-state index in [1.54, 1.807) is 18.2 Å². The van der Waals surface area contributed by atoms with Gasteiger partial charge in [0.25, 0.3) is 5.91 Å². The number of hydrogen-bond donors (Lipinski definition) is 2. The van der Waals surface area contributed by atoms with Crippen molar-refractivity contribution in [3.63, 3.8) is 0 Å². The van der Waals surface area contributed by atoms with Gasteiger partial charge in [0, 0.05) is 23.0 Å². The third-order valence-electron chi connectivity index (χ3n) is 4.10. The van der Waals surface area contributed by atoms with Crippen molar-refractivity contribution in [2.75, 3.05) is 6.54 Å². The van der Waals surface area contributed by atoms with E-state index in [4.69, 9.17) is 0 Å². The number of phenols is 1. The maximum Gasteiger partial charge on any atom is 0.254 e. The second-order valence-electron chi connectivity index (χ2n) is 5.61. The molecule has 1 aliphatic rings. The Hall–Kier alpha value is -1.85. The minimum absolute atomic E-state index is 0.0481. The summed E-state index contributed by atoms with van der Waals surface area (Å²) in [5, 5.41) is 21.8. The summed E-state index contributed by atoms with van der Waals surface area (Å²) in [7, 11) is 0. The van der Waals surface area contributed by atoms with Gasteiger partial charge in [0.2, 0.25) is 0 Å². The molecule has 2 heterocycles. The van der Waals surface area contributed by atoms with Crippen LogP contribution in [0.25, 0.3) is 0 Å². The van der Waals surface area contributed by atoms with Crippen molar-refractivity contribution < 1.29 is 15.0 Å². The summed E-state index contributed by atoms with van der Waals surface area (Å²) in [6.07, 6.45) is 1.90. The van der Waals surface area contributed by atoms with Crippen LogP contribution in [-0.4, -0.2) is 33.6 Å². The Bertz CT molecular complexity index is 641. The number of amides is 1. The molecule has 2 unspecified atom stereocenters. The highest BCUT2D eigenvalue weighted by molar-refractivity contribution is 7.10. The second kappa shape index (κ2) is 6.50. The number of benzene rings is 1. The fourth-order valence-corrected chi connectivity index (χ4v) is 3.73. The zero-order valence-electron chi connectivity index (χ0n) is 12.2. The van der Waals surface area contributed by atoms with E-state index in [1.807, 2.05) is 22.4 Å². The van der Waals surface area contributed by atoms with Gasteiger partial charge in [0.05, 0.1) is 6.10 Å². The van der Waals surface area contributed by atoms with E-state index in [0.29, 0.717) is 18.5 Å². The van der Waals surface area contributed by atoms with Gasteiger partial charge < -0.3 is 15.1 Å². The Balaban J connectivity index is 1.71. The molecule has 1 amide bonds. The van der Waals surface area contributed by atoms with Gasteiger partial charge in [-0.25, -0.2) is 0 Å². The fourth-order valence-electron chi connectivity index (χ4n) is 3.01. The zero-order valence-corrected chi connectivity index (χ0v) is 13.0. The first-order valence-electron chi connectivity index (χ1n) is 7.46. The lowest BCUT2D eigenvalue weighted by atomic mass is 10.0. The Morgan fingerprint density at radius 3 is 2.95 bits per heavy atom. The topological polar surface area (TPSA) is 60.8 Å². The van der Waals surface area contributed by atoms with Crippen LogP contribution >= 0.6 is 11.3 Å². The van der Waals surface area contributed by atoms with Crippen molar-refractivity contribution in [1.29, 1.82) is 0 Å². The van der Waals surface area contributed by atoms with Gasteiger partial charge in [0.15, 0.2) is 0 Å². The summed E-state index contributed by atoms with van der Waals surface area (Å²) in [6, 6.07) is 10.3. The van der Waals surface area contributed by atoms with Gasteiger partial charge in [-0.05, 0) is 48.9 Å². The number of phenolic OH excluding ortho intramolecular Hbond substituents is 1. The van der Waals surface area contributed by atoms with Crippen molar-refractivity contribution in [3.05, 3.63) is 52.2 Å². The van der Waals surface area contributed by atoms with Crippen molar-refractivity contribution in [1.82, 2.24) is 4.90 Å². The maximum atomic E-state index is 12.6. The first-order chi connectivity index (χ1) is 10.6. The molecule has 4 nitrogen and oxygen atoms in total. The molecule has 0 saturated carbocycles. The van der Waals surface area contributed by atoms with Gasteiger partial charge in [-0.3, -0.25) is 4.79 Å². The van der Waals surface area contributed by atoms with Crippen molar-refractivity contribution >= 4 is 17.2 Å². The van der Waals surface area contributed by atoms with Crippen LogP contribution in [0.15, 0.2) is 41.8 Å². The molecule has 1 aliphatic heterocycles. The van der Waals surface area contributed by atoms with E-state index >= 15 is 0 Å². The SMILES string of the molecule is O=C(c1cccc(O)c1)N1CCCC1CC(O)c1cccs1. The molecule has 1 aromatic carbocycles. The molecule has 3 rings (SSSR count). The third-order valence-corrected chi connectivity index (χ3v) is 5.07. The number of aliphatic hydroxyl groups is 1. The predicted molar refractivity (Wildman–Crippen MR) is 86.1 cm³/mol. The van der Waals surface area contributed by atoms with Crippen LogP contribution in [0.4, 0.5) is 0 Å². The van der Waals surface area contributed by atoms with Crippen LogP contribution in [0.2, 0.25) is 0 Å². The number of hydrogen-bond acceptors (Lipinski definition) is 4. The molecule has 0 radical (unpaired) electrons. The van der Waals surface area contributed by atoms with E-state index in [2.05, 4.69) is 0 Å². The summed E-state index contributed by atoms with van der Waals surface area (Å²) in [5.41, 5.74) is 0.498. The molecule has 1 fully saturated rings. The first-order valence-corrected chi connectivity index (χ1v) is 8.34. The highest BCUT2D eigenvalue weighted by atomic mass is 32.1. The van der Waals surface area contributed by atoms with Crippen LogP contribution in [0.1, 0.15) is 40.6 Å². The van der Waals surface area contributed by atoms with Gasteiger partial charge in [-0.15, -0.1) is 11.3 Å². The molecule has 0 spiro atoms. The van der Waals surface area contributed by atoms with Gasteiger partial charge in [-0.2, -0.15) is 0 Å². The van der Waals surface area contributed by atoms with E-state index in [-0.39, 0.29) is 17.7 Å². The summed E-state index contributed by atoms with van der Waals surface area (Å²) in [4.78, 5) is 15.4. The van der Waals surface area contributed by atoms with Gasteiger partial charge in [-0.1, -0.05) is 12.1 Å². The van der Waals surface area contributed by atoms with Crippen LogP contribution in [0, 0.1) is 0 Å². The first kappa shape index (κ1) is 15.1. The van der Waals surface area contributed by atoms with E-state index in [9.17, 15) is 15.0 Å². The largest absolute Gasteiger partial charge is 0.508 e. The molecular weight excluding hydrogens is 298 g/mol. The molecule has 2 atom stereocenters. The van der Waals surface area contributed by atoms with E-state index in [1.165, 1.54) is 17.4 Å². The standard InChI is InChI=1S/C17H19NO3S/c19-14-6-1-4-12(10-14)17(21)18-8-2-5-13(18)11-15(20)16-7-3-9-22-16/h1,3-4,6-7,9-10,13,15,19-20H,2,5,8,11H2.